The van der Waals surface area contributed by atoms with Crippen molar-refractivity contribution in [3.63, 3.8) is 0 Å². The van der Waals surface area contributed by atoms with E-state index in [1.165, 1.54) is 5.57 Å². The summed E-state index contributed by atoms with van der Waals surface area (Å²) in [5.74, 6) is 1.06. The number of carbonyl (C=O) groups excluding carboxylic acids is 2. The van der Waals surface area contributed by atoms with Crippen molar-refractivity contribution >= 4 is 35.3 Å². The van der Waals surface area contributed by atoms with E-state index in [1.54, 1.807) is 58.9 Å². The molecular weight excluding hydrogens is 752 g/mol. The van der Waals surface area contributed by atoms with Gasteiger partial charge in [0.1, 0.15) is 11.4 Å². The number of rotatable bonds is 6. The third-order valence-electron chi connectivity index (χ3n) is 4.79. The Balaban J connectivity index is 0.00000240. The average Bonchev–Trinajstić information content (AvgIpc) is 3.24. The van der Waals surface area contributed by atoms with E-state index in [2.05, 4.69) is 26.8 Å². The summed E-state index contributed by atoms with van der Waals surface area (Å²) >= 11 is 3.19. The molecule has 1 fully saturated rings. The fraction of sp³-hybridized carbons (Fsp3) is 0.333. The van der Waals surface area contributed by atoms with Crippen LogP contribution in [-0.2, 0) is 140 Å². The Hall–Kier alpha value is 2.12. The van der Waals surface area contributed by atoms with Crippen LogP contribution < -0.4 is 16.1 Å². The number of thioether (sulfide) groups is 2. The van der Waals surface area contributed by atoms with Gasteiger partial charge in [0.25, 0.3) is 5.91 Å². The molecule has 2 aromatic rings. The fourth-order valence-electron chi connectivity index (χ4n) is 3.13. The molecule has 2 aliphatic heterocycles. The summed E-state index contributed by atoms with van der Waals surface area (Å²) in [6.45, 7) is 1.94. The summed E-state index contributed by atoms with van der Waals surface area (Å²) in [5.41, 5.74) is 8.84. The van der Waals surface area contributed by atoms with Crippen molar-refractivity contribution in [3.8, 4) is 0 Å². The molecule has 4 rings (SSSR count). The molecule has 158 valence electrons. The number of amides is 2. The summed E-state index contributed by atoms with van der Waals surface area (Å²) in [7, 11) is 0. The first kappa shape index (κ1) is 34.1. The first-order valence-electron chi connectivity index (χ1n) is 8.65. The second-order valence-electron chi connectivity index (χ2n) is 6.46. The Morgan fingerprint density at radius 2 is 2.06 bits per heavy atom. The average molecular weight is 770 g/mol. The van der Waals surface area contributed by atoms with Gasteiger partial charge in [0, 0.05) is 153 Å². The number of nitrogens with zero attached hydrogens (tertiary/aromatic N) is 4. The van der Waals surface area contributed by atoms with E-state index in [4.69, 9.17) is 5.73 Å². The van der Waals surface area contributed by atoms with Gasteiger partial charge in [0.05, 0.1) is 6.04 Å². The molecule has 3 N–H and O–H groups in total. The van der Waals surface area contributed by atoms with Crippen LogP contribution in [0.5, 0.6) is 0 Å². The number of nitrogens with two attached hydrogens (primary N) is 1. The van der Waals surface area contributed by atoms with Crippen LogP contribution in [0.1, 0.15) is 18.5 Å². The third kappa shape index (κ3) is 7.81. The second kappa shape index (κ2) is 16.1. The number of nitrogens with one attached hydrogen (secondary N) is 1. The van der Waals surface area contributed by atoms with Gasteiger partial charge in [-0.15, -0.1) is 29.1 Å². The van der Waals surface area contributed by atoms with Crippen LogP contribution in [0.2, 0.25) is 0 Å². The molecule has 0 aliphatic carbocycles. The Kier molecular flexibility index (Phi) is 17.1. The molecule has 3 heterocycles. The summed E-state index contributed by atoms with van der Waals surface area (Å²) in [4.78, 5) is 26.9. The predicted octanol–water partition coefficient (Wildman–Crippen LogP) is 0.690. The number of aromatic nitrogens is 3. The summed E-state index contributed by atoms with van der Waals surface area (Å²) < 4.78 is 0. The molecule has 3 unspecified atom stereocenters. The number of benzene rings is 1. The Morgan fingerprint density at radius 1 is 1.38 bits per heavy atom. The van der Waals surface area contributed by atoms with Gasteiger partial charge in [-0.3, -0.25) is 19.7 Å². The van der Waals surface area contributed by atoms with Gasteiger partial charge < -0.3 is 21.2 Å². The number of fused-ring (bicyclic) bond motifs is 1. The Morgan fingerprint density at radius 3 is 2.69 bits per heavy atom. The van der Waals surface area contributed by atoms with E-state index in [0.717, 1.165) is 22.2 Å². The monoisotopic (exact) mass is 770 g/mol. The summed E-state index contributed by atoms with van der Waals surface area (Å²) in [6.07, 6.45) is 1.62. The van der Waals surface area contributed by atoms with Gasteiger partial charge in [-0.1, -0.05) is 6.20 Å². The van der Waals surface area contributed by atoms with Gasteiger partial charge in [-0.25, -0.2) is 0 Å². The van der Waals surface area contributed by atoms with E-state index >= 15 is 0 Å². The fourth-order valence-corrected chi connectivity index (χ4v) is 5.58. The normalized spacial score (nSPS) is 19.7. The van der Waals surface area contributed by atoms with Gasteiger partial charge >= 0.3 is 0 Å². The molecule has 2 amide bonds. The molecule has 3 atom stereocenters. The zero-order valence-electron chi connectivity index (χ0n) is 17.3. The van der Waals surface area contributed by atoms with Crippen molar-refractivity contribution in [2.75, 3.05) is 11.5 Å². The predicted molar refractivity (Wildman–Crippen MR) is 106 cm³/mol. The molecule has 1 aromatic heterocycles. The van der Waals surface area contributed by atoms with Crippen LogP contribution in [0.25, 0.3) is 0 Å². The molecule has 8 nitrogen and oxygen atoms in total. The molecule has 0 saturated carbocycles. The van der Waals surface area contributed by atoms with Crippen molar-refractivity contribution in [2.45, 2.75) is 29.4 Å². The van der Waals surface area contributed by atoms with Crippen molar-refractivity contribution < 1.29 is 140 Å². The van der Waals surface area contributed by atoms with Crippen LogP contribution in [0.4, 0.5) is 0 Å². The maximum atomic E-state index is 12.7. The van der Waals surface area contributed by atoms with Gasteiger partial charge in [0.2, 0.25) is 5.91 Å². The van der Waals surface area contributed by atoms with Crippen LogP contribution in [0, 0.1) is 6.07 Å². The first-order chi connectivity index (χ1) is 13.6. The summed E-state index contributed by atoms with van der Waals surface area (Å²) in [6, 6.07) is 8.45. The molecule has 0 spiro atoms. The topological polar surface area (TPSA) is 115 Å². The van der Waals surface area contributed by atoms with Gasteiger partial charge in [-0.2, -0.15) is 30.3 Å². The maximum absolute atomic E-state index is 12.7. The maximum Gasteiger partial charge on any atom is 0.253 e. The smallest absolute Gasteiger partial charge is 0.253 e. The zero-order chi connectivity index (χ0) is 19.7. The van der Waals surface area contributed by atoms with E-state index < -0.39 is 12.1 Å². The molecule has 2 aliphatic rings. The molecule has 1 saturated heterocycles. The zero-order valence-corrected chi connectivity index (χ0v) is 30.3. The standard InChI is InChI=1S/C18H19N6O2S2.4Y/c1-10-12(8-27-13-7-20-23-22-13)9-28-18-15(17(26)24(10)18)21-16(25)14(19)11-5-3-2-4-6-11;;;;/h3-7,14-15,18H,8-9,19H2,1H3,(H2,20,21,22,23,25);;;;/q-1;;;;/p-1. The molecule has 14 heteroatoms. The molecule has 32 heavy (non-hydrogen) atoms. The van der Waals surface area contributed by atoms with Crippen molar-refractivity contribution in [1.82, 2.24) is 25.6 Å². The number of allylic oxidation sites excluding steroid dienone is 1. The van der Waals surface area contributed by atoms with Crippen LogP contribution >= 0.6 is 23.5 Å². The number of β-lactam (4-membered cyclic amide) rings is 1. The minimum atomic E-state index is -0.812. The van der Waals surface area contributed by atoms with Gasteiger partial charge in [0.15, 0.2) is 0 Å². The van der Waals surface area contributed by atoms with Crippen molar-refractivity contribution in [2.24, 2.45) is 5.73 Å². The first-order valence-corrected chi connectivity index (χ1v) is 10.7. The SMILES string of the molecule is CC1=C(CSc2cnn[n-]2)CSC2C(NC(=O)C(N)c3cc[c-]cc3)C(=O)N12.[Y].[Y].[Y].[Y]. The van der Waals surface area contributed by atoms with Crippen LogP contribution in [-0.4, -0.2) is 49.9 Å². The van der Waals surface area contributed by atoms with E-state index in [0.29, 0.717) is 5.56 Å². The minimum absolute atomic E-state index is 0. The molecule has 1 aromatic carbocycles. The number of hydrogen-bond acceptors (Lipinski definition) is 7. The Labute approximate surface area is 296 Å². The van der Waals surface area contributed by atoms with Gasteiger partial charge in [-0.05, 0) is 12.5 Å². The van der Waals surface area contributed by atoms with Crippen LogP contribution in [0.15, 0.2) is 46.8 Å². The largest absolute Gasteiger partial charge is 0.357 e. The third-order valence-corrected chi connectivity index (χ3v) is 7.10. The second-order valence-corrected chi connectivity index (χ2v) is 8.56. The number of hydrogen-bond donors (Lipinski definition) is 2. The van der Waals surface area contributed by atoms with E-state index in [-0.39, 0.29) is 148 Å². The van der Waals surface area contributed by atoms with Crippen molar-refractivity contribution in [1.29, 1.82) is 0 Å². The minimum Gasteiger partial charge on any atom is -0.357 e. The quantitative estimate of drug-likeness (QED) is 0.251. The van der Waals surface area contributed by atoms with Crippen LogP contribution in [0.3, 0.4) is 0 Å². The van der Waals surface area contributed by atoms with Crippen molar-refractivity contribution in [3.05, 3.63) is 53.4 Å². The molecular formula is C18H18N6O2S2Y4-2. The Bertz CT molecular complexity index is 919. The summed E-state index contributed by atoms with van der Waals surface area (Å²) in [5, 5.41) is 14.7. The molecule has 4 radical (unpaired) electrons. The van der Waals surface area contributed by atoms with E-state index in [9.17, 15) is 9.59 Å². The number of carbonyl (C=O) groups is 2. The van der Waals surface area contributed by atoms with E-state index in [1.807, 2.05) is 6.92 Å². The molecule has 0 bridgehead atoms.